The largest absolute Gasteiger partial charge is 0.373 e. The summed E-state index contributed by atoms with van der Waals surface area (Å²) in [6, 6.07) is 7.46. The average Bonchev–Trinajstić information content (AvgIpc) is 3.04. The monoisotopic (exact) mass is 379 g/mol. The predicted octanol–water partition coefficient (Wildman–Crippen LogP) is 3.30. The van der Waals surface area contributed by atoms with E-state index in [4.69, 9.17) is 16.3 Å². The number of rotatable bonds is 5. The topological polar surface area (TPSA) is 54.5 Å². The molecule has 1 N–H and O–H groups in total. The van der Waals surface area contributed by atoms with Crippen molar-refractivity contribution < 1.29 is 9.53 Å². The van der Waals surface area contributed by atoms with Crippen molar-refractivity contribution in [3.63, 3.8) is 0 Å². The van der Waals surface area contributed by atoms with E-state index >= 15 is 0 Å². The zero-order valence-electron chi connectivity index (χ0n) is 14.4. The van der Waals surface area contributed by atoms with Gasteiger partial charge in [-0.05, 0) is 26.0 Å². The number of hydrogen-bond donors (Lipinski definition) is 1. The second-order valence-electron chi connectivity index (χ2n) is 6.32. The highest BCUT2D eigenvalue weighted by Gasteiger charge is 2.21. The third-order valence-electron chi connectivity index (χ3n) is 4.04. The van der Waals surface area contributed by atoms with Crippen LogP contribution in [-0.4, -0.2) is 54.2 Å². The highest BCUT2D eigenvalue weighted by Crippen LogP contribution is 2.25. The molecule has 1 aliphatic rings. The van der Waals surface area contributed by atoms with Crippen molar-refractivity contribution in [2.75, 3.05) is 26.2 Å². The first-order chi connectivity index (χ1) is 12.0. The molecule has 1 aromatic carbocycles. The molecular formula is C18H22ClN3O2S. The number of aromatic nitrogens is 1. The first-order valence-corrected chi connectivity index (χ1v) is 9.64. The molecule has 0 saturated carbocycles. The molecule has 0 radical (unpaired) electrons. The minimum atomic E-state index is -0.134. The Morgan fingerprint density at radius 2 is 2.00 bits per heavy atom. The van der Waals surface area contributed by atoms with Gasteiger partial charge in [-0.15, -0.1) is 11.3 Å². The molecule has 1 aliphatic heterocycles. The van der Waals surface area contributed by atoms with Gasteiger partial charge >= 0.3 is 0 Å². The Morgan fingerprint density at radius 3 is 2.68 bits per heavy atom. The number of benzene rings is 1. The number of hydrogen-bond acceptors (Lipinski definition) is 5. The summed E-state index contributed by atoms with van der Waals surface area (Å²) in [4.78, 5) is 19.0. The van der Waals surface area contributed by atoms with Crippen LogP contribution in [0.1, 0.15) is 24.3 Å². The molecule has 1 amide bonds. The first kappa shape index (κ1) is 18.3. The van der Waals surface area contributed by atoms with Crippen molar-refractivity contribution in [3.05, 3.63) is 40.4 Å². The van der Waals surface area contributed by atoms with Crippen LogP contribution in [0.15, 0.2) is 29.6 Å². The van der Waals surface area contributed by atoms with Crippen LogP contribution in [0.2, 0.25) is 5.02 Å². The SMILES string of the molecule is CC1CN(CCNC(=O)c2csc(-c3ccc(Cl)cc3)n2)CC(C)O1. The van der Waals surface area contributed by atoms with Crippen molar-refractivity contribution in [2.45, 2.75) is 26.1 Å². The number of nitrogens with zero attached hydrogens (tertiary/aromatic N) is 2. The van der Waals surface area contributed by atoms with E-state index in [2.05, 4.69) is 29.0 Å². The molecule has 0 spiro atoms. The van der Waals surface area contributed by atoms with Crippen LogP contribution in [-0.2, 0) is 4.74 Å². The van der Waals surface area contributed by atoms with Crippen molar-refractivity contribution in [1.82, 2.24) is 15.2 Å². The van der Waals surface area contributed by atoms with Crippen molar-refractivity contribution in [3.8, 4) is 10.6 Å². The average molecular weight is 380 g/mol. The van der Waals surface area contributed by atoms with E-state index in [-0.39, 0.29) is 18.1 Å². The summed E-state index contributed by atoms with van der Waals surface area (Å²) < 4.78 is 5.72. The van der Waals surface area contributed by atoms with Crippen LogP contribution in [0.5, 0.6) is 0 Å². The lowest BCUT2D eigenvalue weighted by Crippen LogP contribution is -2.47. The zero-order valence-corrected chi connectivity index (χ0v) is 15.9. The molecule has 1 saturated heterocycles. The minimum absolute atomic E-state index is 0.134. The van der Waals surface area contributed by atoms with Crippen molar-refractivity contribution in [1.29, 1.82) is 0 Å². The third-order valence-corrected chi connectivity index (χ3v) is 5.18. The number of thiazole rings is 1. The zero-order chi connectivity index (χ0) is 17.8. The number of morpholine rings is 1. The van der Waals surface area contributed by atoms with E-state index in [0.717, 1.165) is 30.2 Å². The van der Waals surface area contributed by atoms with Gasteiger partial charge in [0.15, 0.2) is 0 Å². The van der Waals surface area contributed by atoms with Gasteiger partial charge in [0.05, 0.1) is 12.2 Å². The molecule has 2 heterocycles. The van der Waals surface area contributed by atoms with Crippen LogP contribution in [0.4, 0.5) is 0 Å². The fourth-order valence-corrected chi connectivity index (χ4v) is 3.92. The van der Waals surface area contributed by atoms with E-state index in [1.54, 1.807) is 5.38 Å². The maximum Gasteiger partial charge on any atom is 0.270 e. The lowest BCUT2D eigenvalue weighted by atomic mass is 10.2. The summed E-state index contributed by atoms with van der Waals surface area (Å²) in [5.41, 5.74) is 1.42. The number of nitrogens with one attached hydrogen (secondary N) is 1. The summed E-state index contributed by atoms with van der Waals surface area (Å²) >= 11 is 7.36. The molecule has 1 fully saturated rings. The molecule has 0 bridgehead atoms. The number of amides is 1. The van der Waals surface area contributed by atoms with E-state index in [9.17, 15) is 4.79 Å². The predicted molar refractivity (Wildman–Crippen MR) is 101 cm³/mol. The standard InChI is InChI=1S/C18H22ClN3O2S/c1-12-9-22(10-13(2)24-12)8-7-20-17(23)16-11-25-18(21-16)14-3-5-15(19)6-4-14/h3-6,11-13H,7-10H2,1-2H3,(H,20,23). The Morgan fingerprint density at radius 1 is 1.32 bits per heavy atom. The maximum atomic E-state index is 12.3. The molecule has 7 heteroatoms. The second kappa shape index (κ2) is 8.27. The molecule has 2 atom stereocenters. The molecule has 3 rings (SSSR count). The Labute approximate surface area is 157 Å². The Balaban J connectivity index is 1.51. The highest BCUT2D eigenvalue weighted by molar-refractivity contribution is 7.13. The van der Waals surface area contributed by atoms with Crippen LogP contribution in [0.3, 0.4) is 0 Å². The summed E-state index contributed by atoms with van der Waals surface area (Å²) in [6.45, 7) is 7.38. The normalized spacial score (nSPS) is 21.2. The lowest BCUT2D eigenvalue weighted by Gasteiger charge is -2.35. The van der Waals surface area contributed by atoms with Crippen LogP contribution in [0, 0.1) is 0 Å². The number of carbonyl (C=O) groups excluding carboxylic acids is 1. The molecule has 25 heavy (non-hydrogen) atoms. The summed E-state index contributed by atoms with van der Waals surface area (Å²) in [5, 5.41) is 6.24. The second-order valence-corrected chi connectivity index (χ2v) is 7.61. The van der Waals surface area contributed by atoms with Crippen molar-refractivity contribution in [2.24, 2.45) is 0 Å². The number of halogens is 1. The smallest absolute Gasteiger partial charge is 0.270 e. The fraction of sp³-hybridized carbons (Fsp3) is 0.444. The third kappa shape index (κ3) is 5.01. The number of carbonyl (C=O) groups is 1. The van der Waals surface area contributed by atoms with Gasteiger partial charge in [0.1, 0.15) is 10.7 Å². The van der Waals surface area contributed by atoms with E-state index in [0.29, 0.717) is 17.3 Å². The fourth-order valence-electron chi connectivity index (χ4n) is 2.99. The molecule has 2 unspecified atom stereocenters. The van der Waals surface area contributed by atoms with Gasteiger partial charge in [0.25, 0.3) is 5.91 Å². The number of ether oxygens (including phenoxy) is 1. The Kier molecular flexibility index (Phi) is 6.06. The summed E-state index contributed by atoms with van der Waals surface area (Å²) in [6.07, 6.45) is 0.472. The quantitative estimate of drug-likeness (QED) is 0.866. The van der Waals surface area contributed by atoms with Gasteiger partial charge in [-0.1, -0.05) is 23.7 Å². The van der Waals surface area contributed by atoms with Gasteiger partial charge in [-0.25, -0.2) is 4.98 Å². The Bertz CT molecular complexity index is 709. The summed E-state index contributed by atoms with van der Waals surface area (Å²) in [5.74, 6) is -0.134. The minimum Gasteiger partial charge on any atom is -0.373 e. The molecule has 0 aliphatic carbocycles. The molecule has 5 nitrogen and oxygen atoms in total. The van der Waals surface area contributed by atoms with Crippen LogP contribution < -0.4 is 5.32 Å². The van der Waals surface area contributed by atoms with Crippen molar-refractivity contribution >= 4 is 28.8 Å². The van der Waals surface area contributed by atoms with Gasteiger partial charge in [0, 0.05) is 42.1 Å². The molecule has 2 aromatic rings. The molecular weight excluding hydrogens is 358 g/mol. The molecule has 1 aromatic heterocycles. The van der Waals surface area contributed by atoms with Crippen LogP contribution in [0.25, 0.3) is 10.6 Å². The molecule has 134 valence electrons. The summed E-state index contributed by atoms with van der Waals surface area (Å²) in [7, 11) is 0. The van der Waals surface area contributed by atoms with Gasteiger partial charge in [-0.3, -0.25) is 9.69 Å². The Hall–Kier alpha value is -1.47. The lowest BCUT2D eigenvalue weighted by molar-refractivity contribution is -0.0672. The highest BCUT2D eigenvalue weighted by atomic mass is 35.5. The maximum absolute atomic E-state index is 12.3. The van der Waals surface area contributed by atoms with E-state index < -0.39 is 0 Å². The van der Waals surface area contributed by atoms with E-state index in [1.807, 2.05) is 24.3 Å². The van der Waals surface area contributed by atoms with Gasteiger partial charge in [0.2, 0.25) is 0 Å². The first-order valence-electron chi connectivity index (χ1n) is 8.39. The van der Waals surface area contributed by atoms with E-state index in [1.165, 1.54) is 11.3 Å². The van der Waals surface area contributed by atoms with Gasteiger partial charge in [-0.2, -0.15) is 0 Å². The van der Waals surface area contributed by atoms with Crippen LogP contribution >= 0.6 is 22.9 Å². The van der Waals surface area contributed by atoms with Gasteiger partial charge < -0.3 is 10.1 Å².